The van der Waals surface area contributed by atoms with E-state index in [0.717, 1.165) is 12.0 Å². The van der Waals surface area contributed by atoms with Crippen molar-refractivity contribution in [1.82, 2.24) is 10.3 Å². The summed E-state index contributed by atoms with van der Waals surface area (Å²) < 4.78 is 0. The van der Waals surface area contributed by atoms with Crippen LogP contribution >= 0.6 is 11.6 Å². The van der Waals surface area contributed by atoms with Crippen LogP contribution in [-0.2, 0) is 0 Å². The van der Waals surface area contributed by atoms with Gasteiger partial charge in [-0.25, -0.2) is 15.0 Å². The lowest BCUT2D eigenvalue weighted by atomic mass is 10.2. The number of guanidine groups is 2. The highest BCUT2D eigenvalue weighted by Crippen LogP contribution is 2.24. The van der Waals surface area contributed by atoms with Crippen LogP contribution in [0.2, 0.25) is 5.02 Å². The zero-order valence-electron chi connectivity index (χ0n) is 11.0. The van der Waals surface area contributed by atoms with E-state index < -0.39 is 6.17 Å². The van der Waals surface area contributed by atoms with E-state index in [0.29, 0.717) is 16.9 Å². The van der Waals surface area contributed by atoms with Crippen molar-refractivity contribution in [2.24, 2.45) is 20.8 Å². The van der Waals surface area contributed by atoms with Crippen LogP contribution in [0.25, 0.3) is 0 Å². The molecule has 6 nitrogen and oxygen atoms in total. The van der Waals surface area contributed by atoms with Crippen LogP contribution in [-0.4, -0.2) is 29.2 Å². The molecule has 20 heavy (non-hydrogen) atoms. The number of nitrogens with zero attached hydrogens (tertiary/aromatic N) is 4. The van der Waals surface area contributed by atoms with Gasteiger partial charge >= 0.3 is 0 Å². The predicted molar refractivity (Wildman–Crippen MR) is 80.8 cm³/mol. The molecule has 2 unspecified atom stereocenters. The van der Waals surface area contributed by atoms with Crippen LogP contribution < -0.4 is 11.1 Å². The first kappa shape index (κ1) is 12.9. The van der Waals surface area contributed by atoms with E-state index in [9.17, 15) is 0 Å². The molecule has 0 aromatic heterocycles. The second-order valence-corrected chi connectivity index (χ2v) is 5.18. The smallest absolute Gasteiger partial charge is 0.224 e. The normalized spacial score (nSPS) is 25.2. The first-order valence-corrected chi connectivity index (χ1v) is 6.76. The van der Waals surface area contributed by atoms with E-state index in [2.05, 4.69) is 27.3 Å². The lowest BCUT2D eigenvalue weighted by Gasteiger charge is -2.26. The monoisotopic (exact) mass is 290 g/mol. The molecule has 2 heterocycles. The van der Waals surface area contributed by atoms with Crippen LogP contribution in [0.1, 0.15) is 25.1 Å². The van der Waals surface area contributed by atoms with Gasteiger partial charge < -0.3 is 5.73 Å². The van der Waals surface area contributed by atoms with Gasteiger partial charge in [-0.1, -0.05) is 23.7 Å². The summed E-state index contributed by atoms with van der Waals surface area (Å²) in [4.78, 5) is 8.87. The molecule has 1 aromatic carbocycles. The maximum Gasteiger partial charge on any atom is 0.224 e. The molecule has 2 aliphatic heterocycles. The minimum absolute atomic E-state index is 0.257. The quantitative estimate of drug-likeness (QED) is 0.826. The number of rotatable bonds is 1. The molecular formula is C13H15ClN6. The Kier molecular flexibility index (Phi) is 3.31. The molecule has 0 saturated carbocycles. The molecule has 7 heteroatoms. The number of halogens is 1. The molecule has 3 N–H and O–H groups in total. The minimum Gasteiger partial charge on any atom is -0.370 e. The molecular weight excluding hydrogens is 276 g/mol. The second-order valence-electron chi connectivity index (χ2n) is 4.75. The van der Waals surface area contributed by atoms with Crippen molar-refractivity contribution in [3.63, 3.8) is 0 Å². The summed E-state index contributed by atoms with van der Waals surface area (Å²) in [6, 6.07) is 7.71. The van der Waals surface area contributed by atoms with Gasteiger partial charge in [-0.05, 0) is 24.6 Å². The molecule has 0 aliphatic carbocycles. The number of nitrogens with two attached hydrogens (primary N) is 1. The van der Waals surface area contributed by atoms with Crippen molar-refractivity contribution in [3.8, 4) is 0 Å². The summed E-state index contributed by atoms with van der Waals surface area (Å²) >= 11 is 6.01. The van der Waals surface area contributed by atoms with Crippen LogP contribution in [0.5, 0.6) is 0 Å². The number of benzene rings is 1. The Hall–Kier alpha value is -2.08. The highest BCUT2D eigenvalue weighted by atomic mass is 35.5. The van der Waals surface area contributed by atoms with Crippen molar-refractivity contribution < 1.29 is 0 Å². The van der Waals surface area contributed by atoms with Gasteiger partial charge in [-0.3, -0.25) is 5.32 Å². The summed E-state index contributed by atoms with van der Waals surface area (Å²) in [5.74, 6) is 0.943. The second kappa shape index (κ2) is 5.13. The van der Waals surface area contributed by atoms with Gasteiger partial charge in [0.15, 0.2) is 12.1 Å². The fourth-order valence-corrected chi connectivity index (χ4v) is 2.35. The van der Waals surface area contributed by atoms with Gasteiger partial charge in [0.2, 0.25) is 5.96 Å². The van der Waals surface area contributed by atoms with Gasteiger partial charge in [-0.2, -0.15) is 5.10 Å². The largest absolute Gasteiger partial charge is 0.370 e. The molecule has 1 aromatic rings. The Morgan fingerprint density at radius 1 is 1.40 bits per heavy atom. The van der Waals surface area contributed by atoms with Crippen molar-refractivity contribution >= 4 is 29.7 Å². The Labute approximate surface area is 122 Å². The molecule has 0 fully saturated rings. The number of hydrogen-bond acceptors (Lipinski definition) is 6. The molecule has 3 rings (SSSR count). The molecule has 2 atom stereocenters. The maximum atomic E-state index is 6.01. The third-order valence-corrected chi connectivity index (χ3v) is 3.41. The zero-order valence-corrected chi connectivity index (χ0v) is 11.7. The summed E-state index contributed by atoms with van der Waals surface area (Å²) in [5, 5.41) is 9.73. The first-order valence-electron chi connectivity index (χ1n) is 6.39. The molecule has 0 saturated heterocycles. The molecule has 0 radical (unpaired) electrons. The molecule has 0 amide bonds. The summed E-state index contributed by atoms with van der Waals surface area (Å²) in [6.45, 7) is 2.08. The van der Waals surface area contributed by atoms with Crippen molar-refractivity contribution in [2.75, 3.05) is 0 Å². The van der Waals surface area contributed by atoms with Crippen LogP contribution in [0.15, 0.2) is 39.4 Å². The predicted octanol–water partition coefficient (Wildman–Crippen LogP) is 1.69. The van der Waals surface area contributed by atoms with Crippen LogP contribution in [0.3, 0.4) is 0 Å². The summed E-state index contributed by atoms with van der Waals surface area (Å²) in [7, 11) is 0. The maximum absolute atomic E-state index is 6.01. The van der Waals surface area contributed by atoms with Gasteiger partial charge in [0.1, 0.15) is 0 Å². The fourth-order valence-electron chi connectivity index (χ4n) is 2.15. The lowest BCUT2D eigenvalue weighted by Crippen LogP contribution is -2.48. The Bertz CT molecular complexity index is 609. The average molecular weight is 291 g/mol. The lowest BCUT2D eigenvalue weighted by molar-refractivity contribution is 0.371. The van der Waals surface area contributed by atoms with E-state index in [1.165, 1.54) is 0 Å². The van der Waals surface area contributed by atoms with Gasteiger partial charge in [0, 0.05) is 17.7 Å². The number of hydrogen-bond donors (Lipinski definition) is 2. The number of nitrogens with one attached hydrogen (secondary N) is 1. The summed E-state index contributed by atoms with van der Waals surface area (Å²) in [6.07, 6.45) is 2.36. The molecule has 0 bridgehead atoms. The van der Waals surface area contributed by atoms with Gasteiger partial charge in [0.05, 0.1) is 6.04 Å². The highest BCUT2D eigenvalue weighted by molar-refractivity contribution is 6.30. The van der Waals surface area contributed by atoms with Gasteiger partial charge in [0.25, 0.3) is 0 Å². The highest BCUT2D eigenvalue weighted by Gasteiger charge is 2.26. The van der Waals surface area contributed by atoms with Crippen molar-refractivity contribution in [2.45, 2.75) is 25.6 Å². The van der Waals surface area contributed by atoms with E-state index in [-0.39, 0.29) is 6.04 Å². The van der Waals surface area contributed by atoms with E-state index >= 15 is 0 Å². The zero-order chi connectivity index (χ0) is 14.1. The van der Waals surface area contributed by atoms with Gasteiger partial charge in [-0.15, -0.1) is 0 Å². The van der Waals surface area contributed by atoms with Crippen molar-refractivity contribution in [3.05, 3.63) is 34.9 Å². The van der Waals surface area contributed by atoms with Crippen LogP contribution in [0.4, 0.5) is 0 Å². The Morgan fingerprint density at radius 3 is 2.95 bits per heavy atom. The van der Waals surface area contributed by atoms with E-state index in [1.807, 2.05) is 35.5 Å². The third-order valence-electron chi connectivity index (χ3n) is 3.18. The van der Waals surface area contributed by atoms with E-state index in [1.54, 1.807) is 0 Å². The first-order chi connectivity index (χ1) is 9.63. The average Bonchev–Trinajstić information content (AvgIpc) is 2.84. The van der Waals surface area contributed by atoms with E-state index in [4.69, 9.17) is 17.3 Å². The number of hydrazone groups is 1. The summed E-state index contributed by atoms with van der Waals surface area (Å²) in [5.41, 5.74) is 6.75. The van der Waals surface area contributed by atoms with Crippen LogP contribution in [0, 0.1) is 0 Å². The number of aliphatic imine (C=N–C) groups is 2. The fraction of sp³-hybridized carbons (Fsp3) is 0.308. The standard InChI is InChI=1S/C13H15ClN6/c1-8-5-6-16-20(8)13-18-11(17-12(15)19-13)9-3-2-4-10(14)7-9/h2-4,6-8,11H,5H2,1H3,(H3,15,17,18,19). The molecule has 104 valence electrons. The SMILES string of the molecule is CC1CC=NN1C1=NC(c2cccc(Cl)c2)N=C(N)N1. The molecule has 0 spiro atoms. The Balaban J connectivity index is 1.92. The minimum atomic E-state index is -0.395. The molecule has 2 aliphatic rings. The third kappa shape index (κ3) is 2.46. The van der Waals surface area contributed by atoms with Crippen molar-refractivity contribution in [1.29, 1.82) is 0 Å². The topological polar surface area (TPSA) is 78.4 Å². The Morgan fingerprint density at radius 2 is 2.25 bits per heavy atom.